The molecule has 0 radical (unpaired) electrons. The molecule has 4 heteroatoms. The van der Waals surface area contributed by atoms with Crippen LogP contribution in [0.3, 0.4) is 0 Å². The Kier molecular flexibility index (Phi) is 6.01. The summed E-state index contributed by atoms with van der Waals surface area (Å²) in [5.74, 6) is 3.13. The molecule has 0 N–H and O–H groups in total. The van der Waals surface area contributed by atoms with Crippen molar-refractivity contribution in [3.8, 4) is 0 Å². The molecule has 9 atom stereocenters. The summed E-state index contributed by atoms with van der Waals surface area (Å²) in [7, 11) is 0. The second kappa shape index (κ2) is 8.06. The molecule has 0 amide bonds. The summed E-state index contributed by atoms with van der Waals surface area (Å²) in [4.78, 5) is 23.7. The molecular formula is C27H44O4. The fourth-order valence-corrected chi connectivity index (χ4v) is 9.40. The Labute approximate surface area is 189 Å². The highest BCUT2D eigenvalue weighted by Gasteiger charge is 2.66. The topological polar surface area (TPSA) is 52.6 Å². The Bertz CT molecular complexity index is 718. The maximum absolute atomic E-state index is 12.1. The first-order chi connectivity index (χ1) is 14.6. The van der Waals surface area contributed by atoms with Gasteiger partial charge in [-0.05, 0) is 92.8 Å². The van der Waals surface area contributed by atoms with Crippen molar-refractivity contribution in [2.45, 2.75) is 117 Å². The SMILES string of the molecule is CCCC1(OC(C)=O)CC[C@H]2[C@@H]3CCC4CC(OC(C)=O)CC(C)[C@]4(C)[C@@H]3CC[C@@]21C. The van der Waals surface area contributed by atoms with Gasteiger partial charge in [0, 0.05) is 19.3 Å². The zero-order valence-corrected chi connectivity index (χ0v) is 20.7. The van der Waals surface area contributed by atoms with Gasteiger partial charge in [-0.3, -0.25) is 9.59 Å². The van der Waals surface area contributed by atoms with Crippen LogP contribution >= 0.6 is 0 Å². The maximum Gasteiger partial charge on any atom is 0.303 e. The zero-order valence-electron chi connectivity index (χ0n) is 20.7. The molecule has 4 rings (SSSR count). The van der Waals surface area contributed by atoms with Crippen molar-refractivity contribution in [3.63, 3.8) is 0 Å². The average molecular weight is 433 g/mol. The number of hydrogen-bond donors (Lipinski definition) is 0. The molecule has 0 bridgehead atoms. The number of fused-ring (bicyclic) bond motifs is 5. The Balaban J connectivity index is 1.60. The van der Waals surface area contributed by atoms with Crippen LogP contribution in [-0.4, -0.2) is 23.6 Å². The van der Waals surface area contributed by atoms with Gasteiger partial charge in [0.25, 0.3) is 0 Å². The highest BCUT2D eigenvalue weighted by atomic mass is 16.6. The molecular weight excluding hydrogens is 388 g/mol. The quantitative estimate of drug-likeness (QED) is 0.489. The van der Waals surface area contributed by atoms with E-state index >= 15 is 0 Å². The normalized spacial score (nSPS) is 48.8. The van der Waals surface area contributed by atoms with E-state index in [1.165, 1.54) is 32.1 Å². The summed E-state index contributed by atoms with van der Waals surface area (Å²) in [5, 5.41) is 0. The van der Waals surface area contributed by atoms with Gasteiger partial charge in [0.2, 0.25) is 0 Å². The fourth-order valence-electron chi connectivity index (χ4n) is 9.40. The Hall–Kier alpha value is -1.06. The monoisotopic (exact) mass is 432 g/mol. The third-order valence-corrected chi connectivity index (χ3v) is 10.8. The molecule has 0 spiro atoms. The molecule has 0 aromatic heterocycles. The van der Waals surface area contributed by atoms with Crippen LogP contribution in [0, 0.1) is 40.4 Å². The molecule has 31 heavy (non-hydrogen) atoms. The molecule has 0 heterocycles. The minimum atomic E-state index is -0.264. The first-order valence-corrected chi connectivity index (χ1v) is 12.9. The van der Waals surface area contributed by atoms with Crippen molar-refractivity contribution in [1.82, 2.24) is 0 Å². The van der Waals surface area contributed by atoms with E-state index in [0.29, 0.717) is 23.2 Å². The van der Waals surface area contributed by atoms with E-state index in [9.17, 15) is 9.59 Å². The van der Waals surface area contributed by atoms with Crippen molar-refractivity contribution < 1.29 is 19.1 Å². The Morgan fingerprint density at radius 1 is 0.935 bits per heavy atom. The summed E-state index contributed by atoms with van der Waals surface area (Å²) in [6, 6.07) is 0. The molecule has 4 nitrogen and oxygen atoms in total. The van der Waals surface area contributed by atoms with Crippen molar-refractivity contribution >= 4 is 11.9 Å². The Morgan fingerprint density at radius 3 is 2.29 bits per heavy atom. The van der Waals surface area contributed by atoms with E-state index in [1.54, 1.807) is 13.8 Å². The van der Waals surface area contributed by atoms with Crippen LogP contribution < -0.4 is 0 Å². The van der Waals surface area contributed by atoms with Gasteiger partial charge in [0.05, 0.1) is 0 Å². The predicted octanol–water partition coefficient (Wildman–Crippen LogP) is 6.31. The molecule has 4 unspecified atom stereocenters. The van der Waals surface area contributed by atoms with Gasteiger partial charge < -0.3 is 9.47 Å². The molecule has 0 aromatic rings. The van der Waals surface area contributed by atoms with Crippen LogP contribution in [0.2, 0.25) is 0 Å². The van der Waals surface area contributed by atoms with Crippen molar-refractivity contribution in [1.29, 1.82) is 0 Å². The molecule has 4 aliphatic rings. The van der Waals surface area contributed by atoms with Gasteiger partial charge in [-0.15, -0.1) is 0 Å². The van der Waals surface area contributed by atoms with E-state index in [2.05, 4.69) is 27.7 Å². The lowest BCUT2D eigenvalue weighted by Gasteiger charge is -2.63. The van der Waals surface area contributed by atoms with Crippen LogP contribution in [0.1, 0.15) is 106 Å². The summed E-state index contributed by atoms with van der Waals surface area (Å²) in [6.07, 6.45) is 11.4. The third-order valence-electron chi connectivity index (χ3n) is 10.8. The molecule has 0 saturated heterocycles. The van der Waals surface area contributed by atoms with E-state index < -0.39 is 0 Å². The molecule has 176 valence electrons. The van der Waals surface area contributed by atoms with Gasteiger partial charge in [-0.25, -0.2) is 0 Å². The number of hydrogen-bond acceptors (Lipinski definition) is 4. The van der Waals surface area contributed by atoms with E-state index in [-0.39, 0.29) is 29.1 Å². The van der Waals surface area contributed by atoms with E-state index in [0.717, 1.165) is 43.9 Å². The highest BCUT2D eigenvalue weighted by Crippen LogP contribution is 2.70. The van der Waals surface area contributed by atoms with Crippen LogP contribution in [0.4, 0.5) is 0 Å². The molecule has 4 aliphatic carbocycles. The molecule has 0 aliphatic heterocycles. The van der Waals surface area contributed by atoms with E-state index in [4.69, 9.17) is 9.47 Å². The molecule has 0 aromatic carbocycles. The van der Waals surface area contributed by atoms with Crippen LogP contribution in [0.15, 0.2) is 0 Å². The first kappa shape index (κ1) is 23.1. The summed E-state index contributed by atoms with van der Waals surface area (Å²) in [6.45, 7) is 12.8. The van der Waals surface area contributed by atoms with Crippen molar-refractivity contribution in [2.75, 3.05) is 0 Å². The lowest BCUT2D eigenvalue weighted by Crippen LogP contribution is -2.59. The van der Waals surface area contributed by atoms with Gasteiger partial charge in [-0.2, -0.15) is 0 Å². The standard InChI is InChI=1S/C27H44O4/c1-7-12-27(31-19(4)29)14-11-23-22-9-8-20-16-21(30-18(3)28)15-17(2)26(20,6)24(22)10-13-25(23,27)5/h17,20-24H,7-16H2,1-6H3/t17?,20?,21?,22-,23-,24+,25-,26-,27?/m0/s1. The third kappa shape index (κ3) is 3.46. The number of rotatable bonds is 4. The van der Waals surface area contributed by atoms with Gasteiger partial charge in [0.15, 0.2) is 0 Å². The average Bonchev–Trinajstić information content (AvgIpc) is 2.94. The van der Waals surface area contributed by atoms with Crippen molar-refractivity contribution in [3.05, 3.63) is 0 Å². The van der Waals surface area contributed by atoms with Crippen molar-refractivity contribution in [2.24, 2.45) is 40.4 Å². The maximum atomic E-state index is 12.1. The number of carbonyl (C=O) groups excluding carboxylic acids is 2. The smallest absolute Gasteiger partial charge is 0.303 e. The van der Waals surface area contributed by atoms with E-state index in [1.807, 2.05) is 0 Å². The predicted molar refractivity (Wildman–Crippen MR) is 121 cm³/mol. The molecule has 4 fully saturated rings. The second-order valence-corrected chi connectivity index (χ2v) is 12.0. The largest absolute Gasteiger partial charge is 0.463 e. The first-order valence-electron chi connectivity index (χ1n) is 12.9. The fraction of sp³-hybridized carbons (Fsp3) is 0.926. The zero-order chi connectivity index (χ0) is 22.6. The van der Waals surface area contributed by atoms with Gasteiger partial charge in [-0.1, -0.05) is 34.1 Å². The highest BCUT2D eigenvalue weighted by molar-refractivity contribution is 5.67. The minimum Gasteiger partial charge on any atom is -0.463 e. The summed E-state index contributed by atoms with van der Waals surface area (Å²) >= 11 is 0. The van der Waals surface area contributed by atoms with Crippen LogP contribution in [0.25, 0.3) is 0 Å². The Morgan fingerprint density at radius 2 is 1.65 bits per heavy atom. The number of ether oxygens (including phenoxy) is 2. The van der Waals surface area contributed by atoms with Crippen LogP contribution in [0.5, 0.6) is 0 Å². The molecule has 4 saturated carbocycles. The van der Waals surface area contributed by atoms with Crippen LogP contribution in [-0.2, 0) is 19.1 Å². The summed E-state index contributed by atoms with van der Waals surface area (Å²) in [5.41, 5.74) is 0.176. The second-order valence-electron chi connectivity index (χ2n) is 12.0. The van der Waals surface area contributed by atoms with Gasteiger partial charge in [0.1, 0.15) is 11.7 Å². The lowest BCUT2D eigenvalue weighted by atomic mass is 9.42. The number of esters is 2. The minimum absolute atomic E-state index is 0.101. The summed E-state index contributed by atoms with van der Waals surface area (Å²) < 4.78 is 11.9. The number of carbonyl (C=O) groups is 2. The van der Waals surface area contributed by atoms with Gasteiger partial charge >= 0.3 is 11.9 Å². The lowest BCUT2D eigenvalue weighted by molar-refractivity contribution is -0.198.